The molecule has 0 aliphatic carbocycles. The van der Waals surface area contributed by atoms with E-state index >= 15 is 0 Å². The maximum atomic E-state index is 4.23. The molecule has 0 aromatic heterocycles. The average molecular weight is 233 g/mol. The summed E-state index contributed by atoms with van der Waals surface area (Å²) in [5.74, 6) is 1.04. The highest BCUT2D eigenvalue weighted by atomic mass is 32.2. The summed E-state index contributed by atoms with van der Waals surface area (Å²) in [4.78, 5) is 2.63. The van der Waals surface area contributed by atoms with Crippen LogP contribution in [0.15, 0.2) is 0 Å². The maximum Gasteiger partial charge on any atom is 0.0149 e. The monoisotopic (exact) mass is 233 g/mol. The van der Waals surface area contributed by atoms with Crippen LogP contribution >= 0.6 is 24.4 Å². The van der Waals surface area contributed by atoms with Gasteiger partial charge in [0.05, 0.1) is 0 Å². The van der Waals surface area contributed by atoms with E-state index in [0.29, 0.717) is 0 Å². The summed E-state index contributed by atoms with van der Waals surface area (Å²) in [7, 11) is 0. The van der Waals surface area contributed by atoms with Crippen LogP contribution in [0.1, 0.15) is 33.1 Å². The number of hydrogen-bond donors (Lipinski definition) is 1. The lowest BCUT2D eigenvalue weighted by atomic mass is 10.2. The molecule has 0 aromatic carbocycles. The van der Waals surface area contributed by atoms with Crippen LogP contribution in [-0.4, -0.2) is 40.8 Å². The van der Waals surface area contributed by atoms with Crippen LogP contribution in [0.3, 0.4) is 0 Å². The maximum absolute atomic E-state index is 4.23. The minimum absolute atomic E-state index is 0.823. The highest BCUT2D eigenvalue weighted by Crippen LogP contribution is 2.24. The first kappa shape index (κ1) is 12.7. The Morgan fingerprint density at radius 3 is 2.36 bits per heavy atom. The quantitative estimate of drug-likeness (QED) is 0.574. The second-order valence-corrected chi connectivity index (χ2v) is 6.63. The first-order valence-corrected chi connectivity index (χ1v) is 7.28. The topological polar surface area (TPSA) is 3.24 Å². The van der Waals surface area contributed by atoms with E-state index in [1.54, 1.807) is 0 Å². The van der Waals surface area contributed by atoms with Gasteiger partial charge in [0.2, 0.25) is 0 Å². The van der Waals surface area contributed by atoms with E-state index < -0.39 is 0 Å². The fourth-order valence-corrected chi connectivity index (χ4v) is 3.70. The molecule has 0 aromatic rings. The Morgan fingerprint density at radius 2 is 1.79 bits per heavy atom. The minimum Gasteiger partial charge on any atom is -0.301 e. The molecule has 1 fully saturated rings. The Kier molecular flexibility index (Phi) is 6.38. The van der Waals surface area contributed by atoms with Crippen molar-refractivity contribution in [3.63, 3.8) is 0 Å². The molecular formula is C11H23NS2. The minimum atomic E-state index is 0.823. The summed E-state index contributed by atoms with van der Waals surface area (Å²) in [5, 5.41) is 1.65. The van der Waals surface area contributed by atoms with Gasteiger partial charge in [-0.05, 0) is 25.1 Å². The van der Waals surface area contributed by atoms with Crippen molar-refractivity contribution in [2.75, 3.05) is 25.4 Å². The molecule has 14 heavy (non-hydrogen) atoms. The van der Waals surface area contributed by atoms with E-state index in [1.165, 1.54) is 38.9 Å². The highest BCUT2D eigenvalue weighted by Gasteiger charge is 2.21. The third-order valence-electron chi connectivity index (χ3n) is 2.63. The smallest absolute Gasteiger partial charge is 0.0149 e. The second kappa shape index (κ2) is 7.02. The van der Waals surface area contributed by atoms with Gasteiger partial charge in [0.25, 0.3) is 0 Å². The Morgan fingerprint density at radius 1 is 1.14 bits per heavy atom. The van der Waals surface area contributed by atoms with E-state index in [9.17, 15) is 0 Å². The molecule has 1 heterocycles. The molecule has 1 aliphatic heterocycles. The van der Waals surface area contributed by atoms with Gasteiger partial charge in [-0.2, -0.15) is 24.4 Å². The molecular weight excluding hydrogens is 210 g/mol. The second-order valence-electron chi connectivity index (χ2n) is 4.30. The Bertz CT molecular complexity index is 142. The van der Waals surface area contributed by atoms with Crippen molar-refractivity contribution < 1.29 is 0 Å². The molecule has 0 amide bonds. The van der Waals surface area contributed by atoms with Gasteiger partial charge in [-0.1, -0.05) is 20.3 Å². The van der Waals surface area contributed by atoms with Crippen LogP contribution in [0.25, 0.3) is 0 Å². The third kappa shape index (κ3) is 4.94. The predicted octanol–water partition coefficient (Wildman–Crippen LogP) is 2.91. The van der Waals surface area contributed by atoms with Gasteiger partial charge in [-0.25, -0.2) is 0 Å². The first-order valence-electron chi connectivity index (χ1n) is 5.71. The number of hydrogen-bond acceptors (Lipinski definition) is 3. The summed E-state index contributed by atoms with van der Waals surface area (Å²) >= 11 is 6.37. The Balaban J connectivity index is 2.10. The van der Waals surface area contributed by atoms with Gasteiger partial charge in [-0.15, -0.1) is 0 Å². The van der Waals surface area contributed by atoms with Crippen molar-refractivity contribution in [2.45, 2.75) is 43.6 Å². The normalized spacial score (nSPS) is 29.4. The first-order chi connectivity index (χ1) is 6.72. The summed E-state index contributed by atoms with van der Waals surface area (Å²) in [6.45, 7) is 8.57. The van der Waals surface area contributed by atoms with Crippen LogP contribution in [0, 0.1) is 0 Å². The Labute approximate surface area is 98.4 Å². The molecule has 3 heteroatoms. The number of thioether (sulfide) groups is 1. The van der Waals surface area contributed by atoms with Crippen LogP contribution < -0.4 is 0 Å². The van der Waals surface area contributed by atoms with Gasteiger partial charge in [0.15, 0.2) is 0 Å². The van der Waals surface area contributed by atoms with Crippen LogP contribution in [0.4, 0.5) is 0 Å². The molecule has 2 atom stereocenters. The molecule has 0 radical (unpaired) electrons. The SMILES string of the molecule is CC1CN(CCCCCS)CC(C)S1. The molecule has 0 bridgehead atoms. The molecule has 1 nitrogen and oxygen atoms in total. The number of thiol groups is 1. The summed E-state index contributed by atoms with van der Waals surface area (Å²) in [6, 6.07) is 0. The van der Waals surface area contributed by atoms with Crippen molar-refractivity contribution in [1.82, 2.24) is 4.90 Å². The number of unbranched alkanes of at least 4 members (excludes halogenated alkanes) is 2. The van der Waals surface area contributed by atoms with Crippen molar-refractivity contribution in [2.24, 2.45) is 0 Å². The van der Waals surface area contributed by atoms with Crippen molar-refractivity contribution in [3.05, 3.63) is 0 Å². The average Bonchev–Trinajstić information content (AvgIpc) is 2.11. The zero-order valence-electron chi connectivity index (χ0n) is 9.41. The molecule has 0 N–H and O–H groups in total. The van der Waals surface area contributed by atoms with Gasteiger partial charge in [-0.3, -0.25) is 0 Å². The fraction of sp³-hybridized carbons (Fsp3) is 1.00. The summed E-state index contributed by atoms with van der Waals surface area (Å²) in [6.07, 6.45) is 3.97. The lowest BCUT2D eigenvalue weighted by molar-refractivity contribution is 0.265. The fourth-order valence-electron chi connectivity index (χ4n) is 2.09. The molecule has 1 rings (SSSR count). The molecule has 2 unspecified atom stereocenters. The van der Waals surface area contributed by atoms with Gasteiger partial charge in [0, 0.05) is 23.6 Å². The molecule has 0 spiro atoms. The van der Waals surface area contributed by atoms with E-state index in [0.717, 1.165) is 16.3 Å². The van der Waals surface area contributed by atoms with E-state index in [2.05, 4.69) is 43.1 Å². The van der Waals surface area contributed by atoms with Crippen LogP contribution in [-0.2, 0) is 0 Å². The van der Waals surface area contributed by atoms with Gasteiger partial charge < -0.3 is 4.90 Å². The van der Waals surface area contributed by atoms with Crippen LogP contribution in [0.2, 0.25) is 0 Å². The van der Waals surface area contributed by atoms with Gasteiger partial charge >= 0.3 is 0 Å². The Hall–Kier alpha value is 0.660. The van der Waals surface area contributed by atoms with Gasteiger partial charge in [0.1, 0.15) is 0 Å². The van der Waals surface area contributed by atoms with E-state index in [1.807, 2.05) is 0 Å². The van der Waals surface area contributed by atoms with Crippen LogP contribution in [0.5, 0.6) is 0 Å². The third-order valence-corrected chi connectivity index (χ3v) is 4.17. The van der Waals surface area contributed by atoms with Crippen molar-refractivity contribution in [1.29, 1.82) is 0 Å². The molecule has 1 saturated heterocycles. The largest absolute Gasteiger partial charge is 0.301 e. The summed E-state index contributed by atoms with van der Waals surface area (Å²) in [5.41, 5.74) is 0. The van der Waals surface area contributed by atoms with E-state index in [4.69, 9.17) is 0 Å². The summed E-state index contributed by atoms with van der Waals surface area (Å²) < 4.78 is 0. The molecule has 0 saturated carbocycles. The lowest BCUT2D eigenvalue weighted by Gasteiger charge is -2.34. The zero-order chi connectivity index (χ0) is 10.4. The van der Waals surface area contributed by atoms with Crippen molar-refractivity contribution >= 4 is 24.4 Å². The zero-order valence-corrected chi connectivity index (χ0v) is 11.1. The lowest BCUT2D eigenvalue weighted by Crippen LogP contribution is -2.40. The molecule has 1 aliphatic rings. The van der Waals surface area contributed by atoms with E-state index in [-0.39, 0.29) is 0 Å². The van der Waals surface area contributed by atoms with Crippen molar-refractivity contribution in [3.8, 4) is 0 Å². The molecule has 84 valence electrons. The number of rotatable bonds is 5. The highest BCUT2D eigenvalue weighted by molar-refractivity contribution is 8.00. The predicted molar refractivity (Wildman–Crippen MR) is 70.7 cm³/mol. The standard InChI is InChI=1S/C11H23NS2/c1-10-8-12(9-11(2)14-10)6-4-3-5-7-13/h10-11,13H,3-9H2,1-2H3. The number of nitrogens with zero attached hydrogens (tertiary/aromatic N) is 1.